The van der Waals surface area contributed by atoms with Crippen LogP contribution in [-0.2, 0) is 0 Å². The third kappa shape index (κ3) is 2.95. The number of nitrogens with zero attached hydrogens (tertiary/aromatic N) is 4. The van der Waals surface area contributed by atoms with Crippen molar-refractivity contribution in [3.8, 4) is 0 Å². The van der Waals surface area contributed by atoms with Crippen molar-refractivity contribution in [2.45, 2.75) is 39.0 Å². The van der Waals surface area contributed by atoms with Crippen LogP contribution in [0.15, 0.2) is 11.0 Å². The Morgan fingerprint density at radius 2 is 2.28 bits per heavy atom. The molecule has 0 bridgehead atoms. The van der Waals surface area contributed by atoms with Gasteiger partial charge in [-0.3, -0.25) is 14.7 Å². The van der Waals surface area contributed by atoms with Crippen molar-refractivity contribution in [3.63, 3.8) is 0 Å². The summed E-state index contributed by atoms with van der Waals surface area (Å²) in [6.45, 7) is 2.93. The molecule has 1 atom stereocenters. The summed E-state index contributed by atoms with van der Waals surface area (Å²) in [6, 6.07) is 0. The van der Waals surface area contributed by atoms with Gasteiger partial charge in [-0.1, -0.05) is 12.8 Å². The smallest absolute Gasteiger partial charge is 0.286 e. The predicted octanol–water partition coefficient (Wildman–Crippen LogP) is 0.741. The summed E-state index contributed by atoms with van der Waals surface area (Å²) in [5, 5.41) is 12.8. The number of aliphatic hydroxyl groups is 1. The summed E-state index contributed by atoms with van der Waals surface area (Å²) in [6.07, 6.45) is 6.49. The number of hydrogen-bond donors (Lipinski definition) is 2. The van der Waals surface area contributed by atoms with Crippen LogP contribution >= 0.6 is 0 Å². The van der Waals surface area contributed by atoms with Gasteiger partial charge in [0.1, 0.15) is 11.4 Å². The summed E-state index contributed by atoms with van der Waals surface area (Å²) < 4.78 is 1.20. The number of nitrogens with one attached hydrogen (secondary N) is 1. The van der Waals surface area contributed by atoms with Crippen molar-refractivity contribution in [3.05, 3.63) is 27.9 Å². The maximum Gasteiger partial charge on any atom is 0.286 e. The number of piperidine rings is 1. The van der Waals surface area contributed by atoms with Crippen LogP contribution in [0.1, 0.15) is 48.3 Å². The summed E-state index contributed by atoms with van der Waals surface area (Å²) in [4.78, 5) is 35.5. The zero-order chi connectivity index (χ0) is 17.6. The Morgan fingerprint density at radius 1 is 1.48 bits per heavy atom. The fourth-order valence-corrected chi connectivity index (χ4v) is 3.96. The second-order valence-electron chi connectivity index (χ2n) is 7.56. The number of aromatic amines is 1. The molecule has 1 unspecified atom stereocenters. The van der Waals surface area contributed by atoms with Crippen molar-refractivity contribution in [2.75, 3.05) is 19.7 Å². The van der Waals surface area contributed by atoms with Crippen molar-refractivity contribution in [1.82, 2.24) is 24.5 Å². The molecule has 25 heavy (non-hydrogen) atoms. The van der Waals surface area contributed by atoms with Crippen molar-refractivity contribution < 1.29 is 9.90 Å². The first kappa shape index (κ1) is 16.3. The molecule has 1 saturated heterocycles. The van der Waals surface area contributed by atoms with E-state index in [1.54, 1.807) is 11.8 Å². The lowest BCUT2D eigenvalue weighted by molar-refractivity contribution is 0.0195. The lowest BCUT2D eigenvalue weighted by Gasteiger charge is -2.42. The second-order valence-corrected chi connectivity index (χ2v) is 7.56. The lowest BCUT2D eigenvalue weighted by Crippen LogP contribution is -2.49. The quantitative estimate of drug-likeness (QED) is 0.851. The normalized spacial score (nSPS) is 24.0. The molecule has 0 aromatic carbocycles. The Balaban J connectivity index is 1.61. The molecular weight excluding hydrogens is 322 g/mol. The molecule has 0 spiro atoms. The minimum absolute atomic E-state index is 0.0429. The molecule has 2 aromatic heterocycles. The average molecular weight is 345 g/mol. The first-order valence-electron chi connectivity index (χ1n) is 8.86. The molecule has 2 aromatic rings. The minimum atomic E-state index is -0.432. The summed E-state index contributed by atoms with van der Waals surface area (Å²) in [5.41, 5.74) is -0.618. The number of H-pyrrole nitrogens is 1. The van der Waals surface area contributed by atoms with E-state index in [2.05, 4.69) is 15.1 Å². The fourth-order valence-electron chi connectivity index (χ4n) is 3.96. The first-order chi connectivity index (χ1) is 12.0. The number of carbonyl (C=O) groups excluding carboxylic acids is 1. The number of fused-ring (bicyclic) bond motifs is 1. The van der Waals surface area contributed by atoms with E-state index in [1.165, 1.54) is 23.6 Å². The maximum atomic E-state index is 12.9. The average Bonchev–Trinajstić information content (AvgIpc) is 3.33. The number of aromatic nitrogens is 4. The van der Waals surface area contributed by atoms with Gasteiger partial charge in [-0.25, -0.2) is 4.98 Å². The number of aliphatic hydroxyl groups excluding tert-OH is 1. The second kappa shape index (κ2) is 5.94. The van der Waals surface area contributed by atoms with E-state index in [1.807, 2.05) is 0 Å². The third-order valence-electron chi connectivity index (χ3n) is 5.42. The van der Waals surface area contributed by atoms with E-state index in [0.717, 1.165) is 19.3 Å². The van der Waals surface area contributed by atoms with Crippen molar-refractivity contribution >= 4 is 11.7 Å². The molecule has 4 rings (SSSR count). The molecule has 3 heterocycles. The molecule has 1 amide bonds. The minimum Gasteiger partial charge on any atom is -0.396 e. The van der Waals surface area contributed by atoms with Crippen LogP contribution < -0.4 is 5.56 Å². The van der Waals surface area contributed by atoms with E-state index in [0.29, 0.717) is 24.8 Å². The molecule has 8 nitrogen and oxygen atoms in total. The van der Waals surface area contributed by atoms with Crippen molar-refractivity contribution in [1.29, 1.82) is 0 Å². The van der Waals surface area contributed by atoms with Gasteiger partial charge in [0.15, 0.2) is 0 Å². The zero-order valence-corrected chi connectivity index (χ0v) is 14.4. The van der Waals surface area contributed by atoms with E-state index < -0.39 is 5.56 Å². The SMILES string of the molecule is Cc1nc2ncc(C(=O)N3CCCC(CO)(CC4CC4)C3)c(=O)n2[nH]1. The fraction of sp³-hybridized carbons (Fsp3) is 0.647. The summed E-state index contributed by atoms with van der Waals surface area (Å²) >= 11 is 0. The van der Waals surface area contributed by atoms with Gasteiger partial charge in [0.25, 0.3) is 17.2 Å². The number of rotatable bonds is 4. The zero-order valence-electron chi connectivity index (χ0n) is 14.4. The molecule has 134 valence electrons. The molecule has 1 aliphatic carbocycles. The van der Waals surface area contributed by atoms with E-state index in [4.69, 9.17) is 0 Å². The first-order valence-corrected chi connectivity index (χ1v) is 8.86. The Morgan fingerprint density at radius 3 is 3.00 bits per heavy atom. The molecule has 8 heteroatoms. The lowest BCUT2D eigenvalue weighted by atomic mass is 9.76. The highest BCUT2D eigenvalue weighted by molar-refractivity contribution is 5.93. The maximum absolute atomic E-state index is 12.9. The Labute approximate surface area is 144 Å². The van der Waals surface area contributed by atoms with Gasteiger partial charge >= 0.3 is 0 Å². The van der Waals surface area contributed by atoms with Crippen molar-refractivity contribution in [2.24, 2.45) is 11.3 Å². The number of carbonyl (C=O) groups is 1. The van der Waals surface area contributed by atoms with E-state index in [9.17, 15) is 14.7 Å². The number of likely N-dealkylation sites (tertiary alicyclic amines) is 1. The highest BCUT2D eigenvalue weighted by Crippen LogP contribution is 2.44. The van der Waals surface area contributed by atoms with Crippen LogP contribution in [0.2, 0.25) is 0 Å². The van der Waals surface area contributed by atoms with E-state index >= 15 is 0 Å². The van der Waals surface area contributed by atoms with Gasteiger partial charge in [-0.05, 0) is 32.1 Å². The van der Waals surface area contributed by atoms with Gasteiger partial charge in [0.2, 0.25) is 0 Å². The van der Waals surface area contributed by atoms with Crippen LogP contribution in [0.25, 0.3) is 5.78 Å². The predicted molar refractivity (Wildman–Crippen MR) is 90.3 cm³/mol. The Bertz CT molecular complexity index is 869. The summed E-state index contributed by atoms with van der Waals surface area (Å²) in [5.74, 6) is 1.19. The van der Waals surface area contributed by atoms with Crippen LogP contribution in [0.5, 0.6) is 0 Å². The Kier molecular flexibility index (Phi) is 3.87. The highest BCUT2D eigenvalue weighted by Gasteiger charge is 2.41. The monoisotopic (exact) mass is 345 g/mol. The molecule has 1 aliphatic heterocycles. The summed E-state index contributed by atoms with van der Waals surface area (Å²) in [7, 11) is 0. The molecule has 2 N–H and O–H groups in total. The number of amides is 1. The molecule has 1 saturated carbocycles. The van der Waals surface area contributed by atoms with Gasteiger partial charge in [0, 0.05) is 24.7 Å². The number of aryl methyl sites for hydroxylation is 1. The molecule has 0 radical (unpaired) electrons. The van der Waals surface area contributed by atoms with Crippen LogP contribution in [0.3, 0.4) is 0 Å². The molecular formula is C17H23N5O3. The standard InChI is InChI=1S/C17H23N5O3/c1-11-19-16-18-8-13(15(25)22(16)20-11)14(24)21-6-2-5-17(9-21,10-23)7-12-3-4-12/h8,12,23H,2-7,9-10H2,1H3,(H,18,19,20). The van der Waals surface area contributed by atoms with Gasteiger partial charge in [0.05, 0.1) is 6.61 Å². The van der Waals surface area contributed by atoms with Crippen LogP contribution in [0.4, 0.5) is 0 Å². The third-order valence-corrected chi connectivity index (χ3v) is 5.42. The van der Waals surface area contributed by atoms with Crippen LogP contribution in [0, 0.1) is 18.3 Å². The van der Waals surface area contributed by atoms with Crippen LogP contribution in [-0.4, -0.2) is 55.2 Å². The Hall–Kier alpha value is -2.22. The van der Waals surface area contributed by atoms with Gasteiger partial charge < -0.3 is 10.0 Å². The topological polar surface area (TPSA) is 104 Å². The van der Waals surface area contributed by atoms with Gasteiger partial charge in [-0.2, -0.15) is 9.50 Å². The molecule has 2 aliphatic rings. The highest BCUT2D eigenvalue weighted by atomic mass is 16.3. The molecule has 2 fully saturated rings. The van der Waals surface area contributed by atoms with E-state index in [-0.39, 0.29) is 29.3 Å². The van der Waals surface area contributed by atoms with Gasteiger partial charge in [-0.15, -0.1) is 0 Å². The number of hydrogen-bond acceptors (Lipinski definition) is 5. The largest absolute Gasteiger partial charge is 0.396 e.